The number of carbonyl (C=O) groups is 2. The van der Waals surface area contributed by atoms with E-state index in [9.17, 15) is 14.7 Å². The van der Waals surface area contributed by atoms with E-state index in [-0.39, 0.29) is 24.2 Å². The molecule has 2 atom stereocenters. The predicted octanol–water partition coefficient (Wildman–Crippen LogP) is -0.679. The van der Waals surface area contributed by atoms with Gasteiger partial charge in [-0.15, -0.1) is 0 Å². The van der Waals surface area contributed by atoms with Crippen LogP contribution in [0.2, 0.25) is 0 Å². The van der Waals surface area contributed by atoms with Crippen molar-refractivity contribution in [2.45, 2.75) is 19.4 Å². The summed E-state index contributed by atoms with van der Waals surface area (Å²) in [6, 6.07) is 0. The summed E-state index contributed by atoms with van der Waals surface area (Å²) in [6.07, 6.45) is -0.298. The number of rotatable bonds is 6. The maximum Gasteiger partial charge on any atom is 0.227 e. The van der Waals surface area contributed by atoms with Gasteiger partial charge in [-0.3, -0.25) is 9.59 Å². The van der Waals surface area contributed by atoms with Crippen molar-refractivity contribution in [3.63, 3.8) is 0 Å². The molecule has 1 N–H and O–H groups in total. The normalized spacial score (nSPS) is 21.2. The summed E-state index contributed by atoms with van der Waals surface area (Å²) in [5.41, 5.74) is 0. The number of aliphatic hydroxyl groups is 1. The number of amides is 2. The Morgan fingerprint density at radius 3 is 2.89 bits per heavy atom. The summed E-state index contributed by atoms with van der Waals surface area (Å²) in [5, 5.41) is 9.25. The number of nitrogens with zero attached hydrogens (tertiary/aromatic N) is 2. The molecule has 0 aliphatic carbocycles. The number of methoxy groups -OCH3 is 1. The van der Waals surface area contributed by atoms with E-state index in [0.29, 0.717) is 26.2 Å². The number of carbonyl (C=O) groups excluding carboxylic acids is 2. The van der Waals surface area contributed by atoms with Gasteiger partial charge in [0, 0.05) is 40.2 Å². The first kappa shape index (κ1) is 14.9. The van der Waals surface area contributed by atoms with Crippen LogP contribution in [-0.2, 0) is 14.3 Å². The fourth-order valence-corrected chi connectivity index (χ4v) is 2.15. The molecule has 1 heterocycles. The van der Waals surface area contributed by atoms with E-state index in [1.165, 1.54) is 4.90 Å². The first-order valence-electron chi connectivity index (χ1n) is 6.15. The standard InChI is InChI=1S/C12H22N2O4/c1-9(15)7-13(2)12(17)10-6-11(16)14(8-10)4-5-18-3/h9-10,15H,4-8H2,1-3H3. The third kappa shape index (κ3) is 3.96. The quantitative estimate of drug-likeness (QED) is 0.685. The fraction of sp³-hybridized carbons (Fsp3) is 0.833. The van der Waals surface area contributed by atoms with Crippen LogP contribution in [0, 0.1) is 5.92 Å². The lowest BCUT2D eigenvalue weighted by atomic mass is 10.1. The zero-order chi connectivity index (χ0) is 13.7. The lowest BCUT2D eigenvalue weighted by molar-refractivity contribution is -0.135. The molecule has 0 spiro atoms. The van der Waals surface area contributed by atoms with E-state index in [4.69, 9.17) is 4.74 Å². The van der Waals surface area contributed by atoms with Gasteiger partial charge in [0.25, 0.3) is 0 Å². The van der Waals surface area contributed by atoms with Gasteiger partial charge < -0.3 is 19.6 Å². The van der Waals surface area contributed by atoms with E-state index >= 15 is 0 Å². The average Bonchev–Trinajstić information content (AvgIpc) is 2.66. The summed E-state index contributed by atoms with van der Waals surface area (Å²) in [5.74, 6) is -0.377. The van der Waals surface area contributed by atoms with Crippen molar-refractivity contribution in [1.29, 1.82) is 0 Å². The van der Waals surface area contributed by atoms with Crippen molar-refractivity contribution in [3.8, 4) is 0 Å². The van der Waals surface area contributed by atoms with Crippen LogP contribution < -0.4 is 0 Å². The van der Waals surface area contributed by atoms with Crippen LogP contribution in [0.25, 0.3) is 0 Å². The Hall–Kier alpha value is -1.14. The zero-order valence-corrected chi connectivity index (χ0v) is 11.3. The van der Waals surface area contributed by atoms with E-state index in [1.54, 1.807) is 26.0 Å². The molecule has 2 amide bonds. The van der Waals surface area contributed by atoms with Gasteiger partial charge >= 0.3 is 0 Å². The van der Waals surface area contributed by atoms with Crippen LogP contribution in [0.5, 0.6) is 0 Å². The third-order valence-corrected chi connectivity index (χ3v) is 3.04. The molecule has 0 bridgehead atoms. The Balaban J connectivity index is 2.49. The molecule has 0 radical (unpaired) electrons. The van der Waals surface area contributed by atoms with Crippen molar-refractivity contribution in [2.75, 3.05) is 40.4 Å². The number of hydrogen-bond acceptors (Lipinski definition) is 4. The second-order valence-corrected chi connectivity index (χ2v) is 4.80. The van der Waals surface area contributed by atoms with Crippen molar-refractivity contribution in [1.82, 2.24) is 9.80 Å². The Bertz CT molecular complexity index is 306. The van der Waals surface area contributed by atoms with Gasteiger partial charge in [0.15, 0.2) is 0 Å². The predicted molar refractivity (Wildman–Crippen MR) is 65.9 cm³/mol. The minimum absolute atomic E-state index is 0.00385. The average molecular weight is 258 g/mol. The Morgan fingerprint density at radius 2 is 2.33 bits per heavy atom. The van der Waals surface area contributed by atoms with E-state index in [2.05, 4.69) is 0 Å². The van der Waals surface area contributed by atoms with Crippen LogP contribution in [0.15, 0.2) is 0 Å². The lowest BCUT2D eigenvalue weighted by Crippen LogP contribution is -2.38. The monoisotopic (exact) mass is 258 g/mol. The largest absolute Gasteiger partial charge is 0.392 e. The number of likely N-dealkylation sites (tertiary alicyclic amines) is 1. The SMILES string of the molecule is COCCN1CC(C(=O)N(C)CC(C)O)CC1=O. The molecular formula is C12H22N2O4. The molecule has 18 heavy (non-hydrogen) atoms. The molecule has 1 saturated heterocycles. The molecule has 104 valence electrons. The van der Waals surface area contributed by atoms with Crippen molar-refractivity contribution >= 4 is 11.8 Å². The highest BCUT2D eigenvalue weighted by molar-refractivity contribution is 5.89. The first-order chi connectivity index (χ1) is 8.45. The Kier molecular flexibility index (Phi) is 5.55. The molecule has 6 heteroatoms. The minimum Gasteiger partial charge on any atom is -0.392 e. The van der Waals surface area contributed by atoms with Crippen molar-refractivity contribution in [2.24, 2.45) is 5.92 Å². The van der Waals surface area contributed by atoms with Crippen molar-refractivity contribution in [3.05, 3.63) is 0 Å². The summed E-state index contributed by atoms with van der Waals surface area (Å²) >= 11 is 0. The molecule has 0 aromatic carbocycles. The molecule has 1 aliphatic rings. The number of likely N-dealkylation sites (N-methyl/N-ethyl adjacent to an activating group) is 1. The summed E-state index contributed by atoms with van der Waals surface area (Å²) in [4.78, 5) is 26.9. The third-order valence-electron chi connectivity index (χ3n) is 3.04. The maximum atomic E-state index is 12.1. The first-order valence-corrected chi connectivity index (χ1v) is 6.15. The molecular weight excluding hydrogens is 236 g/mol. The Labute approximate surface area is 107 Å². The van der Waals surface area contributed by atoms with Gasteiger partial charge in [0.2, 0.25) is 11.8 Å². The van der Waals surface area contributed by atoms with Gasteiger partial charge in [-0.2, -0.15) is 0 Å². The topological polar surface area (TPSA) is 70.1 Å². The van der Waals surface area contributed by atoms with Crippen LogP contribution in [0.1, 0.15) is 13.3 Å². The van der Waals surface area contributed by atoms with E-state index < -0.39 is 6.10 Å². The molecule has 1 aliphatic heterocycles. The van der Waals surface area contributed by atoms with Gasteiger partial charge in [-0.1, -0.05) is 0 Å². The number of ether oxygens (including phenoxy) is 1. The van der Waals surface area contributed by atoms with E-state index in [1.807, 2.05) is 0 Å². The minimum atomic E-state index is -0.555. The second-order valence-electron chi connectivity index (χ2n) is 4.80. The molecule has 0 saturated carbocycles. The molecule has 2 unspecified atom stereocenters. The summed E-state index contributed by atoms with van der Waals surface area (Å²) in [7, 11) is 3.23. The Morgan fingerprint density at radius 1 is 1.67 bits per heavy atom. The number of aliphatic hydroxyl groups excluding tert-OH is 1. The molecule has 6 nitrogen and oxygen atoms in total. The van der Waals surface area contributed by atoms with Gasteiger partial charge in [-0.25, -0.2) is 0 Å². The molecule has 1 fully saturated rings. The molecule has 0 aromatic rings. The second kappa shape index (κ2) is 6.70. The van der Waals surface area contributed by atoms with Gasteiger partial charge in [0.05, 0.1) is 18.6 Å². The summed E-state index contributed by atoms with van der Waals surface area (Å²) < 4.78 is 4.93. The van der Waals surface area contributed by atoms with Crippen LogP contribution in [-0.4, -0.2) is 73.2 Å². The van der Waals surface area contributed by atoms with Crippen LogP contribution >= 0.6 is 0 Å². The van der Waals surface area contributed by atoms with Gasteiger partial charge in [0.1, 0.15) is 0 Å². The molecule has 1 rings (SSSR count). The number of hydrogen-bond donors (Lipinski definition) is 1. The van der Waals surface area contributed by atoms with Crippen LogP contribution in [0.3, 0.4) is 0 Å². The highest BCUT2D eigenvalue weighted by atomic mass is 16.5. The van der Waals surface area contributed by atoms with Crippen molar-refractivity contribution < 1.29 is 19.4 Å². The van der Waals surface area contributed by atoms with Crippen LogP contribution in [0.4, 0.5) is 0 Å². The fourth-order valence-electron chi connectivity index (χ4n) is 2.15. The smallest absolute Gasteiger partial charge is 0.227 e. The molecule has 0 aromatic heterocycles. The highest BCUT2D eigenvalue weighted by Gasteiger charge is 2.35. The zero-order valence-electron chi connectivity index (χ0n) is 11.3. The summed E-state index contributed by atoms with van der Waals surface area (Å²) in [6.45, 7) is 3.39. The highest BCUT2D eigenvalue weighted by Crippen LogP contribution is 2.19. The van der Waals surface area contributed by atoms with Gasteiger partial charge in [-0.05, 0) is 6.92 Å². The van der Waals surface area contributed by atoms with E-state index in [0.717, 1.165) is 0 Å². The lowest BCUT2D eigenvalue weighted by Gasteiger charge is -2.22. The maximum absolute atomic E-state index is 12.1.